The van der Waals surface area contributed by atoms with Crippen molar-refractivity contribution in [1.29, 1.82) is 0 Å². The van der Waals surface area contributed by atoms with Gasteiger partial charge in [-0.2, -0.15) is 0 Å². The van der Waals surface area contributed by atoms with Crippen molar-refractivity contribution >= 4 is 0 Å². The molecular formula is C8H16N2O. The quantitative estimate of drug-likeness (QED) is 0.492. The highest BCUT2D eigenvalue weighted by Crippen LogP contribution is 2.18. The number of rotatable bonds is 0. The molecule has 0 radical (unpaired) electrons. The van der Waals surface area contributed by atoms with Gasteiger partial charge in [-0.1, -0.05) is 0 Å². The lowest BCUT2D eigenvalue weighted by Crippen LogP contribution is -2.34. The summed E-state index contributed by atoms with van der Waals surface area (Å²) >= 11 is 0. The minimum absolute atomic E-state index is 0.0695. The van der Waals surface area contributed by atoms with Crippen LogP contribution in [0, 0.1) is 0 Å². The second kappa shape index (κ2) is 3.09. The van der Waals surface area contributed by atoms with E-state index >= 15 is 0 Å². The van der Waals surface area contributed by atoms with Gasteiger partial charge in [0.05, 0.1) is 6.10 Å². The summed E-state index contributed by atoms with van der Waals surface area (Å²) < 4.78 is 0. The number of aliphatic hydroxyl groups excluding tert-OH is 1. The normalized spacial score (nSPS) is 40.1. The summed E-state index contributed by atoms with van der Waals surface area (Å²) in [6, 6.07) is 0.604. The zero-order valence-electron chi connectivity index (χ0n) is 6.79. The van der Waals surface area contributed by atoms with Crippen LogP contribution in [0.2, 0.25) is 0 Å². The Hall–Kier alpha value is -0.120. The van der Waals surface area contributed by atoms with Gasteiger partial charge in [0, 0.05) is 19.1 Å². The van der Waals surface area contributed by atoms with E-state index in [4.69, 9.17) is 0 Å². The lowest BCUT2D eigenvalue weighted by molar-refractivity contribution is 0.176. The summed E-state index contributed by atoms with van der Waals surface area (Å²) in [5.41, 5.74) is 0. The molecule has 0 aliphatic carbocycles. The van der Waals surface area contributed by atoms with Gasteiger partial charge < -0.3 is 10.4 Å². The van der Waals surface area contributed by atoms with E-state index < -0.39 is 0 Å². The van der Waals surface area contributed by atoms with Crippen LogP contribution in [0.15, 0.2) is 0 Å². The molecule has 3 nitrogen and oxygen atoms in total. The summed E-state index contributed by atoms with van der Waals surface area (Å²) in [7, 11) is 0. The molecule has 2 fully saturated rings. The zero-order valence-corrected chi connectivity index (χ0v) is 6.79. The summed E-state index contributed by atoms with van der Waals surface area (Å²) in [4.78, 5) is 2.41. The van der Waals surface area contributed by atoms with Crippen LogP contribution in [0.4, 0.5) is 0 Å². The molecular weight excluding hydrogens is 140 g/mol. The number of nitrogens with one attached hydrogen (secondary N) is 1. The molecule has 0 aromatic carbocycles. The molecule has 0 aromatic rings. The molecule has 2 aliphatic heterocycles. The summed E-state index contributed by atoms with van der Waals surface area (Å²) in [5.74, 6) is 0. The van der Waals surface area contributed by atoms with Crippen LogP contribution in [0.1, 0.15) is 12.8 Å². The first-order valence-electron chi connectivity index (χ1n) is 4.49. The minimum atomic E-state index is -0.0695. The van der Waals surface area contributed by atoms with Crippen LogP contribution < -0.4 is 5.32 Å². The lowest BCUT2D eigenvalue weighted by atomic mass is 10.2. The highest BCUT2D eigenvalue weighted by molar-refractivity contribution is 4.87. The van der Waals surface area contributed by atoms with Gasteiger partial charge in [0.1, 0.15) is 0 Å². The molecule has 0 spiro atoms. The third-order valence-electron chi connectivity index (χ3n) is 2.68. The van der Waals surface area contributed by atoms with Gasteiger partial charge in [0.2, 0.25) is 0 Å². The molecule has 2 rings (SSSR count). The van der Waals surface area contributed by atoms with Gasteiger partial charge in [-0.05, 0) is 25.9 Å². The Morgan fingerprint density at radius 3 is 3.27 bits per heavy atom. The minimum Gasteiger partial charge on any atom is -0.392 e. The molecule has 0 bridgehead atoms. The largest absolute Gasteiger partial charge is 0.392 e. The fourth-order valence-electron chi connectivity index (χ4n) is 2.12. The summed E-state index contributed by atoms with van der Waals surface area (Å²) in [6.07, 6.45) is 2.12. The van der Waals surface area contributed by atoms with E-state index in [1.165, 1.54) is 6.42 Å². The van der Waals surface area contributed by atoms with Crippen molar-refractivity contribution in [3.8, 4) is 0 Å². The molecule has 0 saturated carbocycles. The first-order chi connectivity index (χ1) is 5.36. The topological polar surface area (TPSA) is 35.5 Å². The smallest absolute Gasteiger partial charge is 0.0682 e. The number of nitrogens with zero attached hydrogens (tertiary/aromatic N) is 1. The van der Waals surface area contributed by atoms with E-state index in [0.717, 1.165) is 32.6 Å². The van der Waals surface area contributed by atoms with Gasteiger partial charge >= 0.3 is 0 Å². The second-order valence-corrected chi connectivity index (χ2v) is 3.60. The first-order valence-corrected chi connectivity index (χ1v) is 4.49. The van der Waals surface area contributed by atoms with Crippen LogP contribution in [0.5, 0.6) is 0 Å². The number of aliphatic hydroxyl groups is 1. The predicted molar refractivity (Wildman–Crippen MR) is 43.5 cm³/mol. The second-order valence-electron chi connectivity index (χ2n) is 3.60. The Kier molecular flexibility index (Phi) is 2.11. The third kappa shape index (κ3) is 1.55. The predicted octanol–water partition coefficient (Wildman–Crippen LogP) is -0.585. The third-order valence-corrected chi connectivity index (χ3v) is 2.68. The van der Waals surface area contributed by atoms with Gasteiger partial charge in [0.15, 0.2) is 0 Å². The van der Waals surface area contributed by atoms with Crippen molar-refractivity contribution in [2.45, 2.75) is 25.0 Å². The van der Waals surface area contributed by atoms with Gasteiger partial charge in [-0.25, -0.2) is 0 Å². The standard InChI is InChI=1S/C8H16N2O/c11-8-4-7-5-9-2-1-3-10(7)6-8/h7-9,11H,1-6H2. The Labute approximate surface area is 67.4 Å². The molecule has 2 atom stereocenters. The van der Waals surface area contributed by atoms with Crippen LogP contribution >= 0.6 is 0 Å². The monoisotopic (exact) mass is 156 g/mol. The Bertz CT molecular complexity index is 126. The molecule has 2 unspecified atom stereocenters. The van der Waals surface area contributed by atoms with Crippen molar-refractivity contribution in [1.82, 2.24) is 10.2 Å². The Morgan fingerprint density at radius 1 is 1.45 bits per heavy atom. The van der Waals surface area contributed by atoms with E-state index in [2.05, 4.69) is 10.2 Å². The summed E-state index contributed by atoms with van der Waals surface area (Å²) in [6.45, 7) is 4.27. The van der Waals surface area contributed by atoms with Crippen molar-refractivity contribution < 1.29 is 5.11 Å². The average molecular weight is 156 g/mol. The van der Waals surface area contributed by atoms with E-state index in [1.54, 1.807) is 0 Å². The maximum atomic E-state index is 9.38. The van der Waals surface area contributed by atoms with E-state index in [1.807, 2.05) is 0 Å². The van der Waals surface area contributed by atoms with Crippen LogP contribution in [0.3, 0.4) is 0 Å². The SMILES string of the molecule is OC1CC2CNCCCN2C1. The van der Waals surface area contributed by atoms with Crippen LogP contribution in [-0.4, -0.2) is 48.3 Å². The van der Waals surface area contributed by atoms with Crippen molar-refractivity contribution in [2.24, 2.45) is 0 Å². The Balaban J connectivity index is 1.96. The van der Waals surface area contributed by atoms with Crippen molar-refractivity contribution in [3.05, 3.63) is 0 Å². The molecule has 0 aromatic heterocycles. The fraction of sp³-hybridized carbons (Fsp3) is 1.00. The van der Waals surface area contributed by atoms with Gasteiger partial charge in [0.25, 0.3) is 0 Å². The number of hydrogen-bond donors (Lipinski definition) is 2. The molecule has 2 heterocycles. The van der Waals surface area contributed by atoms with E-state index in [0.29, 0.717) is 6.04 Å². The Morgan fingerprint density at radius 2 is 2.36 bits per heavy atom. The van der Waals surface area contributed by atoms with Gasteiger partial charge in [-0.3, -0.25) is 4.90 Å². The van der Waals surface area contributed by atoms with Crippen molar-refractivity contribution in [3.63, 3.8) is 0 Å². The molecule has 2 saturated heterocycles. The van der Waals surface area contributed by atoms with E-state index in [-0.39, 0.29) is 6.10 Å². The first kappa shape index (κ1) is 7.53. The van der Waals surface area contributed by atoms with E-state index in [9.17, 15) is 5.11 Å². The fourth-order valence-corrected chi connectivity index (χ4v) is 2.12. The lowest BCUT2D eigenvalue weighted by Gasteiger charge is -2.19. The number of fused-ring (bicyclic) bond motifs is 1. The zero-order chi connectivity index (χ0) is 7.68. The highest BCUT2D eigenvalue weighted by atomic mass is 16.3. The molecule has 64 valence electrons. The number of hydrogen-bond acceptors (Lipinski definition) is 3. The van der Waals surface area contributed by atoms with Gasteiger partial charge in [-0.15, -0.1) is 0 Å². The molecule has 0 amide bonds. The average Bonchev–Trinajstić information content (AvgIpc) is 2.17. The van der Waals surface area contributed by atoms with Crippen LogP contribution in [-0.2, 0) is 0 Å². The molecule has 11 heavy (non-hydrogen) atoms. The molecule has 2 aliphatic rings. The summed E-state index contributed by atoms with van der Waals surface area (Å²) in [5, 5.41) is 12.8. The van der Waals surface area contributed by atoms with Crippen LogP contribution in [0.25, 0.3) is 0 Å². The molecule has 3 heteroatoms. The maximum absolute atomic E-state index is 9.38. The maximum Gasteiger partial charge on any atom is 0.0682 e. The van der Waals surface area contributed by atoms with Crippen molar-refractivity contribution in [2.75, 3.05) is 26.2 Å². The molecule has 2 N–H and O–H groups in total. The highest BCUT2D eigenvalue weighted by Gasteiger charge is 2.30.